The summed E-state index contributed by atoms with van der Waals surface area (Å²) in [7, 11) is 0. The Morgan fingerprint density at radius 3 is 2.56 bits per heavy atom. The highest BCUT2D eigenvalue weighted by atomic mass is 32.1. The summed E-state index contributed by atoms with van der Waals surface area (Å²) in [4.78, 5) is 16.0. The van der Waals surface area contributed by atoms with E-state index in [0.717, 1.165) is 24.1 Å². The molecule has 2 aromatic carbocycles. The zero-order valence-corrected chi connectivity index (χ0v) is 15.6. The fourth-order valence-electron chi connectivity index (χ4n) is 2.61. The molecule has 0 saturated carbocycles. The molecule has 0 fully saturated rings. The number of nitrogen functional groups attached to an aromatic ring is 1. The number of nitrogens with two attached hydrogens (primary N) is 1. The van der Waals surface area contributed by atoms with Gasteiger partial charge < -0.3 is 21.5 Å². The molecule has 27 heavy (non-hydrogen) atoms. The highest BCUT2D eigenvalue weighted by molar-refractivity contribution is 7.13. The summed E-state index contributed by atoms with van der Waals surface area (Å²) in [5, 5.41) is 18.2. The van der Waals surface area contributed by atoms with Crippen LogP contribution in [-0.2, 0) is 6.42 Å². The maximum Gasteiger partial charge on any atom is 0.275 e. The van der Waals surface area contributed by atoms with E-state index in [-0.39, 0.29) is 5.91 Å². The number of hydrogen-bond acceptors (Lipinski definition) is 6. The maximum absolute atomic E-state index is 12.0. The zero-order valence-electron chi connectivity index (χ0n) is 14.8. The first-order valence-electron chi connectivity index (χ1n) is 8.67. The normalized spacial score (nSPS) is 11.9. The van der Waals surface area contributed by atoms with Gasteiger partial charge in [-0.25, -0.2) is 4.98 Å². The maximum atomic E-state index is 12.0. The topological polar surface area (TPSA) is 100 Å². The zero-order chi connectivity index (χ0) is 19.1. The Labute approximate surface area is 162 Å². The first kappa shape index (κ1) is 19.0. The third-order valence-electron chi connectivity index (χ3n) is 4.08. The summed E-state index contributed by atoms with van der Waals surface area (Å²) < 4.78 is 0. The molecule has 7 heteroatoms. The van der Waals surface area contributed by atoms with Gasteiger partial charge in [0.25, 0.3) is 5.91 Å². The van der Waals surface area contributed by atoms with E-state index in [9.17, 15) is 9.90 Å². The molecule has 0 saturated heterocycles. The van der Waals surface area contributed by atoms with Crippen LogP contribution in [0.15, 0.2) is 60.0 Å². The molecule has 0 aliphatic heterocycles. The van der Waals surface area contributed by atoms with Gasteiger partial charge in [0, 0.05) is 17.6 Å². The second kappa shape index (κ2) is 9.27. The summed E-state index contributed by atoms with van der Waals surface area (Å²) >= 11 is 1.24. The molecular formula is C20H22N4O2S. The van der Waals surface area contributed by atoms with Crippen molar-refractivity contribution in [2.75, 3.05) is 24.1 Å². The molecular weight excluding hydrogens is 360 g/mol. The fourth-order valence-corrected chi connectivity index (χ4v) is 3.15. The van der Waals surface area contributed by atoms with Crippen LogP contribution in [0.4, 0.5) is 10.8 Å². The van der Waals surface area contributed by atoms with Gasteiger partial charge in [-0.3, -0.25) is 4.79 Å². The number of nitrogens with zero attached hydrogens (tertiary/aromatic N) is 1. The number of amides is 1. The third-order valence-corrected chi connectivity index (χ3v) is 4.75. The predicted octanol–water partition coefficient (Wildman–Crippen LogP) is 2.84. The van der Waals surface area contributed by atoms with Crippen LogP contribution in [-0.4, -0.2) is 29.1 Å². The van der Waals surface area contributed by atoms with E-state index >= 15 is 0 Å². The number of rotatable bonds is 8. The molecule has 6 nitrogen and oxygen atoms in total. The van der Waals surface area contributed by atoms with Crippen LogP contribution < -0.4 is 16.4 Å². The van der Waals surface area contributed by atoms with Crippen molar-refractivity contribution in [3.8, 4) is 0 Å². The molecule has 1 atom stereocenters. The first-order valence-corrected chi connectivity index (χ1v) is 9.55. The van der Waals surface area contributed by atoms with Crippen LogP contribution in [0.5, 0.6) is 0 Å². The lowest BCUT2D eigenvalue weighted by Gasteiger charge is -2.12. The molecule has 1 aromatic heterocycles. The number of nitrogens with one attached hydrogen (secondary N) is 2. The minimum absolute atomic E-state index is 0.271. The Morgan fingerprint density at radius 2 is 1.89 bits per heavy atom. The minimum atomic E-state index is -0.511. The largest absolute Gasteiger partial charge is 0.387 e. The van der Waals surface area contributed by atoms with Crippen molar-refractivity contribution in [1.82, 2.24) is 10.3 Å². The Balaban J connectivity index is 1.42. The lowest BCUT2D eigenvalue weighted by molar-refractivity contribution is 0.102. The van der Waals surface area contributed by atoms with Crippen LogP contribution in [0, 0.1) is 0 Å². The third kappa shape index (κ3) is 5.62. The summed E-state index contributed by atoms with van der Waals surface area (Å²) in [6.45, 7) is 1.27. The molecule has 0 aliphatic rings. The Bertz CT molecular complexity index is 865. The Hall–Kier alpha value is -2.74. The number of benzene rings is 2. The highest BCUT2D eigenvalue weighted by Gasteiger charge is 2.10. The van der Waals surface area contributed by atoms with Crippen molar-refractivity contribution in [3.63, 3.8) is 0 Å². The van der Waals surface area contributed by atoms with Crippen LogP contribution in [0.25, 0.3) is 0 Å². The summed E-state index contributed by atoms with van der Waals surface area (Å²) in [5.41, 5.74) is 8.63. The molecule has 0 radical (unpaired) electrons. The second-order valence-corrected chi connectivity index (χ2v) is 6.99. The molecule has 5 N–H and O–H groups in total. The van der Waals surface area contributed by atoms with Gasteiger partial charge in [-0.1, -0.05) is 42.5 Å². The Kier molecular flexibility index (Phi) is 6.54. The molecule has 0 unspecified atom stereocenters. The second-order valence-electron chi connectivity index (χ2n) is 6.10. The fraction of sp³-hybridized carbons (Fsp3) is 0.200. The van der Waals surface area contributed by atoms with E-state index in [2.05, 4.69) is 15.6 Å². The molecule has 140 valence electrons. The van der Waals surface area contributed by atoms with Crippen LogP contribution in [0.1, 0.15) is 27.7 Å². The quantitative estimate of drug-likeness (QED) is 0.449. The number of aromatic nitrogens is 1. The average molecular weight is 382 g/mol. The number of thiazole rings is 1. The number of aliphatic hydroxyl groups excluding tert-OH is 1. The van der Waals surface area contributed by atoms with E-state index in [1.807, 2.05) is 54.6 Å². The molecule has 3 rings (SSSR count). The van der Waals surface area contributed by atoms with Gasteiger partial charge >= 0.3 is 0 Å². The average Bonchev–Trinajstić information content (AvgIpc) is 3.13. The lowest BCUT2D eigenvalue weighted by Crippen LogP contribution is -2.23. The van der Waals surface area contributed by atoms with Crippen molar-refractivity contribution in [2.45, 2.75) is 12.5 Å². The van der Waals surface area contributed by atoms with Gasteiger partial charge in [0.1, 0.15) is 5.69 Å². The van der Waals surface area contributed by atoms with E-state index in [0.29, 0.717) is 23.1 Å². The van der Waals surface area contributed by atoms with Gasteiger partial charge in [0.05, 0.1) is 6.10 Å². The van der Waals surface area contributed by atoms with Crippen molar-refractivity contribution >= 4 is 28.1 Å². The monoisotopic (exact) mass is 382 g/mol. The molecule has 3 aromatic rings. The van der Waals surface area contributed by atoms with Gasteiger partial charge in [-0.2, -0.15) is 0 Å². The summed E-state index contributed by atoms with van der Waals surface area (Å²) in [5.74, 6) is -0.271. The van der Waals surface area contributed by atoms with Crippen molar-refractivity contribution in [3.05, 3.63) is 76.8 Å². The van der Waals surface area contributed by atoms with E-state index in [4.69, 9.17) is 5.73 Å². The van der Waals surface area contributed by atoms with E-state index in [1.54, 1.807) is 5.38 Å². The first-order chi connectivity index (χ1) is 13.1. The van der Waals surface area contributed by atoms with Gasteiger partial charge in [-0.05, 0) is 36.2 Å². The van der Waals surface area contributed by atoms with E-state index < -0.39 is 6.10 Å². The minimum Gasteiger partial charge on any atom is -0.387 e. The van der Waals surface area contributed by atoms with Crippen LogP contribution in [0.2, 0.25) is 0 Å². The lowest BCUT2D eigenvalue weighted by atomic mass is 10.1. The number of aliphatic hydroxyl groups is 1. The molecule has 1 heterocycles. The number of anilines is 2. The number of hydrogen-bond donors (Lipinski definition) is 4. The summed E-state index contributed by atoms with van der Waals surface area (Å²) in [6, 6.07) is 17.3. The molecule has 0 aliphatic carbocycles. The molecule has 0 bridgehead atoms. The van der Waals surface area contributed by atoms with Gasteiger partial charge in [-0.15, -0.1) is 11.3 Å². The highest BCUT2D eigenvalue weighted by Crippen LogP contribution is 2.15. The van der Waals surface area contributed by atoms with Crippen LogP contribution >= 0.6 is 11.3 Å². The molecule has 0 spiro atoms. The number of carbonyl (C=O) groups excluding carboxylic acids is 1. The predicted molar refractivity (Wildman–Crippen MR) is 109 cm³/mol. The number of carbonyl (C=O) groups is 1. The SMILES string of the molecule is Nc1nc(C(=O)Nc2ccc(CCNC[C@H](O)c3ccccc3)cc2)cs1. The summed E-state index contributed by atoms with van der Waals surface area (Å²) in [6.07, 6.45) is 0.321. The smallest absolute Gasteiger partial charge is 0.275 e. The van der Waals surface area contributed by atoms with Crippen molar-refractivity contribution in [1.29, 1.82) is 0 Å². The standard InChI is InChI=1S/C20H22N4O2S/c21-20-24-17(13-27-20)19(26)23-16-8-6-14(7-9-16)10-11-22-12-18(25)15-4-2-1-3-5-15/h1-9,13,18,22,25H,10-12H2,(H2,21,24)(H,23,26)/t18-/m0/s1. The van der Waals surface area contributed by atoms with Crippen LogP contribution in [0.3, 0.4) is 0 Å². The Morgan fingerprint density at radius 1 is 1.15 bits per heavy atom. The van der Waals surface area contributed by atoms with Gasteiger partial charge in [0.15, 0.2) is 5.13 Å². The van der Waals surface area contributed by atoms with E-state index in [1.165, 1.54) is 11.3 Å². The van der Waals surface area contributed by atoms with Crippen molar-refractivity contribution < 1.29 is 9.90 Å². The van der Waals surface area contributed by atoms with Gasteiger partial charge in [0.2, 0.25) is 0 Å². The molecule has 1 amide bonds. The van der Waals surface area contributed by atoms with Crippen molar-refractivity contribution in [2.24, 2.45) is 0 Å².